The van der Waals surface area contributed by atoms with E-state index < -0.39 is 29.6 Å². The topological polar surface area (TPSA) is 98.9 Å². The Balaban J connectivity index is 1.50. The summed E-state index contributed by atoms with van der Waals surface area (Å²) in [5, 5.41) is 11.6. The number of hydrogen-bond acceptors (Lipinski definition) is 5. The maximum atomic E-state index is 13.5. The quantitative estimate of drug-likeness (QED) is 0.564. The van der Waals surface area contributed by atoms with Gasteiger partial charge in [-0.3, -0.25) is 4.79 Å². The number of nitrogens with zero attached hydrogens (tertiary/aromatic N) is 3. The first-order valence-corrected chi connectivity index (χ1v) is 10.5. The highest BCUT2D eigenvalue weighted by molar-refractivity contribution is 6.04. The summed E-state index contributed by atoms with van der Waals surface area (Å²) in [5.41, 5.74) is 0.564. The molecule has 2 aromatic carbocycles. The zero-order valence-electron chi connectivity index (χ0n) is 17.9. The number of benzene rings is 2. The molecule has 4 rings (SSSR count). The molecule has 0 unspecified atom stereocenters. The van der Waals surface area contributed by atoms with Crippen molar-refractivity contribution in [3.05, 3.63) is 66.1 Å². The van der Waals surface area contributed by atoms with Crippen LogP contribution in [0.1, 0.15) is 22.7 Å². The van der Waals surface area contributed by atoms with Crippen LogP contribution >= 0.6 is 0 Å². The molecule has 8 nitrogen and oxygen atoms in total. The van der Waals surface area contributed by atoms with Crippen LogP contribution < -0.4 is 10.2 Å². The number of nitrogens with one attached hydrogen (secondary N) is 1. The minimum Gasteiger partial charge on any atom is -0.465 e. The molecule has 1 fully saturated rings. The Morgan fingerprint density at radius 1 is 0.971 bits per heavy atom. The van der Waals surface area contributed by atoms with E-state index in [-0.39, 0.29) is 11.6 Å². The van der Waals surface area contributed by atoms with Crippen LogP contribution in [0.25, 0.3) is 11.5 Å². The third-order valence-electron chi connectivity index (χ3n) is 5.38. The molecule has 0 bridgehead atoms. The predicted molar refractivity (Wildman–Crippen MR) is 118 cm³/mol. The lowest BCUT2D eigenvalue weighted by molar-refractivity contribution is -0.153. The Morgan fingerprint density at radius 3 is 2.32 bits per heavy atom. The monoisotopic (exact) mass is 474 g/mol. The fraction of sp³-hybridized carbons (Fsp3) is 0.261. The Kier molecular flexibility index (Phi) is 6.44. The van der Waals surface area contributed by atoms with Gasteiger partial charge >= 0.3 is 12.3 Å². The van der Waals surface area contributed by atoms with Gasteiger partial charge in [-0.2, -0.15) is 13.2 Å². The number of oxazole rings is 1. The summed E-state index contributed by atoms with van der Waals surface area (Å²) >= 11 is 0. The van der Waals surface area contributed by atoms with Crippen molar-refractivity contribution in [2.24, 2.45) is 0 Å². The van der Waals surface area contributed by atoms with Crippen LogP contribution in [0.5, 0.6) is 0 Å². The number of amides is 2. The molecule has 2 N–H and O–H groups in total. The Labute approximate surface area is 192 Å². The number of carboxylic acid groups (broad SMARTS) is 1. The van der Waals surface area contributed by atoms with Crippen molar-refractivity contribution in [1.82, 2.24) is 9.88 Å². The van der Waals surface area contributed by atoms with Gasteiger partial charge in [-0.15, -0.1) is 0 Å². The van der Waals surface area contributed by atoms with Crippen LogP contribution in [0.3, 0.4) is 0 Å². The van der Waals surface area contributed by atoms with Gasteiger partial charge in [0.05, 0.1) is 0 Å². The first-order chi connectivity index (χ1) is 16.2. The second-order valence-electron chi connectivity index (χ2n) is 7.67. The fourth-order valence-electron chi connectivity index (χ4n) is 3.68. The van der Waals surface area contributed by atoms with Crippen LogP contribution in [-0.2, 0) is 6.18 Å². The van der Waals surface area contributed by atoms with E-state index in [9.17, 15) is 22.8 Å². The van der Waals surface area contributed by atoms with Crippen molar-refractivity contribution < 1.29 is 32.3 Å². The van der Waals surface area contributed by atoms with Crippen molar-refractivity contribution in [3.8, 4) is 11.5 Å². The standard InChI is InChI=1S/C23H21F3N4O4/c24-23(25,26)19-18(28-21(34-19)15-5-2-1-3-6-15)20(31)27-16-7-9-17(10-8-16)29-11-4-12-30(14-13-29)22(32)33/h1-3,5-10H,4,11-14H2,(H,27,31)(H,32,33). The molecule has 178 valence electrons. The number of hydrogen-bond donors (Lipinski definition) is 2. The van der Waals surface area contributed by atoms with Gasteiger partial charge in [0, 0.05) is 43.1 Å². The molecule has 0 spiro atoms. The third-order valence-corrected chi connectivity index (χ3v) is 5.38. The van der Waals surface area contributed by atoms with Gasteiger partial charge in [0.1, 0.15) is 0 Å². The highest BCUT2D eigenvalue weighted by Crippen LogP contribution is 2.35. The van der Waals surface area contributed by atoms with Crippen LogP contribution in [0.2, 0.25) is 0 Å². The minimum absolute atomic E-state index is 0.285. The lowest BCUT2D eigenvalue weighted by Gasteiger charge is -2.23. The average Bonchev–Trinajstić information content (AvgIpc) is 3.13. The molecule has 0 radical (unpaired) electrons. The van der Waals surface area contributed by atoms with Crippen molar-refractivity contribution >= 4 is 23.4 Å². The lowest BCUT2D eigenvalue weighted by atomic mass is 10.2. The largest absolute Gasteiger partial charge is 0.465 e. The summed E-state index contributed by atoms with van der Waals surface area (Å²) in [6.45, 7) is 1.98. The highest BCUT2D eigenvalue weighted by atomic mass is 19.4. The van der Waals surface area contributed by atoms with E-state index in [1.54, 1.807) is 42.5 Å². The number of rotatable bonds is 4. The van der Waals surface area contributed by atoms with E-state index in [1.165, 1.54) is 17.0 Å². The summed E-state index contributed by atoms with van der Waals surface area (Å²) in [4.78, 5) is 31.0. The Morgan fingerprint density at radius 2 is 1.68 bits per heavy atom. The van der Waals surface area contributed by atoms with Gasteiger partial charge in [-0.05, 0) is 42.8 Å². The summed E-state index contributed by atoms with van der Waals surface area (Å²) in [6.07, 6.45) is -5.19. The zero-order valence-corrected chi connectivity index (χ0v) is 17.9. The van der Waals surface area contributed by atoms with Gasteiger partial charge < -0.3 is 24.6 Å². The molecule has 2 amide bonds. The van der Waals surface area contributed by atoms with Gasteiger partial charge in [-0.25, -0.2) is 9.78 Å². The van der Waals surface area contributed by atoms with E-state index >= 15 is 0 Å². The molecule has 1 aromatic heterocycles. The molecule has 1 aliphatic heterocycles. The molecular weight excluding hydrogens is 453 g/mol. The molecular formula is C23H21F3N4O4. The molecule has 11 heteroatoms. The lowest BCUT2D eigenvalue weighted by Crippen LogP contribution is -2.34. The molecule has 1 aliphatic rings. The predicted octanol–water partition coefficient (Wildman–Crippen LogP) is 4.80. The smallest absolute Gasteiger partial charge is 0.452 e. The third kappa shape index (κ3) is 5.13. The minimum atomic E-state index is -4.90. The second kappa shape index (κ2) is 9.46. The number of alkyl halides is 3. The first-order valence-electron chi connectivity index (χ1n) is 10.5. The number of anilines is 2. The van der Waals surface area contributed by atoms with Gasteiger partial charge in [-0.1, -0.05) is 18.2 Å². The van der Waals surface area contributed by atoms with E-state index in [1.807, 2.05) is 4.90 Å². The Bertz CT molecular complexity index is 1160. The van der Waals surface area contributed by atoms with E-state index in [2.05, 4.69) is 10.3 Å². The van der Waals surface area contributed by atoms with Crippen LogP contribution in [0.15, 0.2) is 59.0 Å². The molecule has 0 saturated carbocycles. The molecule has 34 heavy (non-hydrogen) atoms. The molecule has 0 aliphatic carbocycles. The van der Waals surface area contributed by atoms with E-state index in [0.717, 1.165) is 5.69 Å². The van der Waals surface area contributed by atoms with Crippen molar-refractivity contribution in [2.75, 3.05) is 36.4 Å². The number of carbonyl (C=O) groups is 2. The zero-order chi connectivity index (χ0) is 24.3. The number of carbonyl (C=O) groups excluding carboxylic acids is 1. The van der Waals surface area contributed by atoms with Crippen molar-refractivity contribution in [1.29, 1.82) is 0 Å². The molecule has 0 atom stereocenters. The summed E-state index contributed by atoms with van der Waals surface area (Å²) in [6, 6.07) is 14.6. The van der Waals surface area contributed by atoms with Crippen molar-refractivity contribution in [3.63, 3.8) is 0 Å². The normalized spacial score (nSPS) is 14.6. The van der Waals surface area contributed by atoms with E-state index in [0.29, 0.717) is 38.2 Å². The SMILES string of the molecule is O=C(Nc1ccc(N2CCCN(C(=O)O)CC2)cc1)c1nc(-c2ccccc2)oc1C(F)(F)F. The molecule has 1 saturated heterocycles. The molecule has 2 heterocycles. The number of aromatic nitrogens is 1. The summed E-state index contributed by atoms with van der Waals surface area (Å²) < 4.78 is 45.4. The maximum absolute atomic E-state index is 13.5. The average molecular weight is 474 g/mol. The number of halogens is 3. The van der Waals surface area contributed by atoms with Crippen LogP contribution in [0.4, 0.5) is 29.3 Å². The Hall–Kier alpha value is -4.02. The highest BCUT2D eigenvalue weighted by Gasteiger charge is 2.42. The maximum Gasteiger partial charge on any atom is 0.452 e. The summed E-state index contributed by atoms with van der Waals surface area (Å²) in [7, 11) is 0. The summed E-state index contributed by atoms with van der Waals surface area (Å²) in [5.74, 6) is -2.81. The fourth-order valence-corrected chi connectivity index (χ4v) is 3.68. The van der Waals surface area contributed by atoms with Gasteiger partial charge in [0.15, 0.2) is 5.69 Å². The second-order valence-corrected chi connectivity index (χ2v) is 7.67. The van der Waals surface area contributed by atoms with Crippen LogP contribution in [0, 0.1) is 0 Å². The van der Waals surface area contributed by atoms with Gasteiger partial charge in [0.25, 0.3) is 5.91 Å². The van der Waals surface area contributed by atoms with Crippen LogP contribution in [-0.4, -0.2) is 53.2 Å². The van der Waals surface area contributed by atoms with Crippen molar-refractivity contribution in [2.45, 2.75) is 12.6 Å². The molecule has 3 aromatic rings. The first kappa shape index (κ1) is 23.1. The van der Waals surface area contributed by atoms with Gasteiger partial charge in [0.2, 0.25) is 11.7 Å². The van der Waals surface area contributed by atoms with E-state index in [4.69, 9.17) is 9.52 Å².